The highest BCUT2D eigenvalue weighted by Gasteiger charge is 2.38. The van der Waals surface area contributed by atoms with Crippen molar-refractivity contribution in [1.82, 2.24) is 5.06 Å². The van der Waals surface area contributed by atoms with Gasteiger partial charge in [-0.25, -0.2) is 13.2 Å². The van der Waals surface area contributed by atoms with Crippen molar-refractivity contribution >= 4 is 27.6 Å². The second kappa shape index (κ2) is 7.20. The van der Waals surface area contributed by atoms with Crippen LogP contribution < -0.4 is 4.74 Å². The van der Waals surface area contributed by atoms with Crippen molar-refractivity contribution in [3.63, 3.8) is 0 Å². The van der Waals surface area contributed by atoms with Crippen LogP contribution in [0.2, 0.25) is 0 Å². The maximum absolute atomic E-state index is 12.3. The fraction of sp³-hybridized carbons (Fsp3) is 0.167. The SMILES string of the molecule is COc1ccc(S(=O)(=O)CCC(=O)ON2C(=O)c3ccccc3C2=O)cc1. The number of amides is 2. The molecule has 9 heteroatoms. The van der Waals surface area contributed by atoms with Crippen LogP contribution in [0.5, 0.6) is 5.75 Å². The zero-order valence-corrected chi connectivity index (χ0v) is 15.1. The molecule has 0 fully saturated rings. The number of nitrogens with zero attached hydrogens (tertiary/aromatic N) is 1. The minimum Gasteiger partial charge on any atom is -0.497 e. The first-order valence-corrected chi connectivity index (χ1v) is 9.54. The first kappa shape index (κ1) is 18.6. The van der Waals surface area contributed by atoms with E-state index in [0.717, 1.165) is 0 Å². The number of carbonyl (C=O) groups excluding carboxylic acids is 3. The monoisotopic (exact) mass is 389 g/mol. The Hall–Kier alpha value is -3.20. The second-order valence-corrected chi connectivity index (χ2v) is 7.77. The maximum atomic E-state index is 12.3. The van der Waals surface area contributed by atoms with Crippen LogP contribution in [0.1, 0.15) is 27.1 Å². The summed E-state index contributed by atoms with van der Waals surface area (Å²) in [6.45, 7) is 0. The molecule has 2 amide bonds. The molecule has 8 nitrogen and oxygen atoms in total. The number of hydrogen-bond acceptors (Lipinski definition) is 7. The van der Waals surface area contributed by atoms with E-state index in [1.54, 1.807) is 12.1 Å². The topological polar surface area (TPSA) is 107 Å². The number of hydrogen-bond donors (Lipinski definition) is 0. The highest BCUT2D eigenvalue weighted by Crippen LogP contribution is 2.23. The predicted octanol–water partition coefficient (Wildman–Crippen LogP) is 1.61. The molecule has 0 saturated heterocycles. The molecule has 1 aliphatic heterocycles. The Kier molecular flexibility index (Phi) is 4.95. The summed E-state index contributed by atoms with van der Waals surface area (Å²) in [6.07, 6.45) is -0.512. The summed E-state index contributed by atoms with van der Waals surface area (Å²) in [6, 6.07) is 11.8. The predicted molar refractivity (Wildman–Crippen MR) is 92.7 cm³/mol. The van der Waals surface area contributed by atoms with E-state index in [1.807, 2.05) is 0 Å². The van der Waals surface area contributed by atoms with Gasteiger partial charge >= 0.3 is 5.97 Å². The Morgan fingerprint density at radius 1 is 0.963 bits per heavy atom. The third kappa shape index (κ3) is 3.68. The Morgan fingerprint density at radius 2 is 1.52 bits per heavy atom. The lowest BCUT2D eigenvalue weighted by molar-refractivity contribution is -0.168. The Balaban J connectivity index is 1.63. The van der Waals surface area contributed by atoms with Crippen molar-refractivity contribution in [3.8, 4) is 5.75 Å². The molecule has 2 aromatic carbocycles. The van der Waals surface area contributed by atoms with Gasteiger partial charge in [-0.3, -0.25) is 9.59 Å². The van der Waals surface area contributed by atoms with Crippen molar-refractivity contribution < 1.29 is 32.4 Å². The van der Waals surface area contributed by atoms with Crippen LogP contribution in [-0.4, -0.2) is 44.1 Å². The normalized spacial score (nSPS) is 13.4. The van der Waals surface area contributed by atoms with Gasteiger partial charge in [0.15, 0.2) is 9.84 Å². The average Bonchev–Trinajstić information content (AvgIpc) is 2.92. The molecule has 0 aromatic heterocycles. The third-order valence-corrected chi connectivity index (χ3v) is 5.68. The lowest BCUT2D eigenvalue weighted by Crippen LogP contribution is -2.33. The number of benzene rings is 2. The lowest BCUT2D eigenvalue weighted by atomic mass is 10.1. The number of ether oxygens (including phenoxy) is 1. The first-order chi connectivity index (χ1) is 12.8. The maximum Gasteiger partial charge on any atom is 0.334 e. The smallest absolute Gasteiger partial charge is 0.334 e. The zero-order valence-electron chi connectivity index (χ0n) is 14.2. The summed E-state index contributed by atoms with van der Waals surface area (Å²) >= 11 is 0. The van der Waals surface area contributed by atoms with Gasteiger partial charge < -0.3 is 9.57 Å². The third-order valence-electron chi connectivity index (χ3n) is 3.94. The summed E-state index contributed by atoms with van der Waals surface area (Å²) in [5.41, 5.74) is 0.252. The minimum atomic E-state index is -3.74. The zero-order chi connectivity index (χ0) is 19.6. The van der Waals surface area contributed by atoms with Gasteiger partial charge in [0.1, 0.15) is 5.75 Å². The molecule has 0 bridgehead atoms. The molecule has 27 heavy (non-hydrogen) atoms. The summed E-state index contributed by atoms with van der Waals surface area (Å²) in [5.74, 6) is -2.55. The van der Waals surface area contributed by atoms with Gasteiger partial charge in [-0.05, 0) is 36.4 Å². The van der Waals surface area contributed by atoms with Crippen LogP contribution in [0, 0.1) is 0 Å². The van der Waals surface area contributed by atoms with Gasteiger partial charge in [-0.2, -0.15) is 0 Å². The highest BCUT2D eigenvalue weighted by atomic mass is 32.2. The Labute approximate surface area is 155 Å². The minimum absolute atomic E-state index is 0.0248. The molecule has 0 saturated carbocycles. The average molecular weight is 389 g/mol. The van der Waals surface area contributed by atoms with Gasteiger partial charge in [-0.15, -0.1) is 0 Å². The number of rotatable bonds is 6. The fourth-order valence-corrected chi connectivity index (χ4v) is 3.74. The molecule has 140 valence electrons. The van der Waals surface area contributed by atoms with Gasteiger partial charge in [0, 0.05) is 0 Å². The number of imide groups is 1. The number of methoxy groups -OCH3 is 1. The molecule has 0 spiro atoms. The van der Waals surface area contributed by atoms with E-state index in [-0.39, 0.29) is 16.0 Å². The van der Waals surface area contributed by atoms with Gasteiger partial charge in [0.2, 0.25) is 0 Å². The van der Waals surface area contributed by atoms with Crippen molar-refractivity contribution in [2.24, 2.45) is 0 Å². The van der Waals surface area contributed by atoms with Crippen LogP contribution >= 0.6 is 0 Å². The van der Waals surface area contributed by atoms with Crippen molar-refractivity contribution in [1.29, 1.82) is 0 Å². The van der Waals surface area contributed by atoms with Crippen LogP contribution in [0.3, 0.4) is 0 Å². The van der Waals surface area contributed by atoms with E-state index in [4.69, 9.17) is 9.57 Å². The van der Waals surface area contributed by atoms with E-state index in [1.165, 1.54) is 43.5 Å². The molecule has 0 aliphatic carbocycles. The van der Waals surface area contributed by atoms with Crippen molar-refractivity contribution in [2.45, 2.75) is 11.3 Å². The highest BCUT2D eigenvalue weighted by molar-refractivity contribution is 7.91. The molecule has 0 atom stereocenters. The van der Waals surface area contributed by atoms with Crippen molar-refractivity contribution in [3.05, 3.63) is 59.7 Å². The molecule has 0 radical (unpaired) electrons. The van der Waals surface area contributed by atoms with Crippen LogP contribution in [0.4, 0.5) is 0 Å². The fourth-order valence-electron chi connectivity index (χ4n) is 2.52. The van der Waals surface area contributed by atoms with Gasteiger partial charge in [0.25, 0.3) is 11.8 Å². The number of fused-ring (bicyclic) bond motifs is 1. The molecule has 1 aliphatic rings. The number of carbonyl (C=O) groups is 3. The summed E-state index contributed by atoms with van der Waals surface area (Å²) in [4.78, 5) is 41.0. The van der Waals surface area contributed by atoms with Crippen LogP contribution in [-0.2, 0) is 19.5 Å². The van der Waals surface area contributed by atoms with E-state index < -0.39 is 39.8 Å². The number of hydroxylamine groups is 2. The molecule has 3 rings (SSSR count). The molecular weight excluding hydrogens is 374 g/mol. The molecule has 1 heterocycles. The Bertz CT molecular complexity index is 977. The first-order valence-electron chi connectivity index (χ1n) is 7.89. The molecular formula is C18H15NO7S. The molecule has 2 aromatic rings. The summed E-state index contributed by atoms with van der Waals surface area (Å²) < 4.78 is 29.5. The van der Waals surface area contributed by atoms with Crippen LogP contribution in [0.15, 0.2) is 53.4 Å². The summed E-state index contributed by atoms with van der Waals surface area (Å²) in [5, 5.41) is 0.354. The molecule has 0 N–H and O–H groups in total. The van der Waals surface area contributed by atoms with Crippen LogP contribution in [0.25, 0.3) is 0 Å². The standard InChI is InChI=1S/C18H15NO7S/c1-25-12-6-8-13(9-7-12)27(23,24)11-10-16(20)26-19-17(21)14-4-2-3-5-15(14)18(19)22/h2-9H,10-11H2,1H3. The second-order valence-electron chi connectivity index (χ2n) is 5.66. The van der Waals surface area contributed by atoms with Gasteiger partial charge in [-0.1, -0.05) is 17.2 Å². The Morgan fingerprint density at radius 3 is 2.04 bits per heavy atom. The van der Waals surface area contributed by atoms with Gasteiger partial charge in [0.05, 0.1) is 35.3 Å². The van der Waals surface area contributed by atoms with E-state index in [2.05, 4.69) is 0 Å². The lowest BCUT2D eigenvalue weighted by Gasteiger charge is -2.12. The molecule has 0 unspecified atom stereocenters. The van der Waals surface area contributed by atoms with E-state index in [0.29, 0.717) is 10.8 Å². The quantitative estimate of drug-likeness (QED) is 0.691. The van der Waals surface area contributed by atoms with Crippen molar-refractivity contribution in [2.75, 3.05) is 12.9 Å². The van der Waals surface area contributed by atoms with E-state index >= 15 is 0 Å². The number of sulfone groups is 1. The summed E-state index contributed by atoms with van der Waals surface area (Å²) in [7, 11) is -2.28. The van der Waals surface area contributed by atoms with E-state index in [9.17, 15) is 22.8 Å². The largest absolute Gasteiger partial charge is 0.497 e.